The van der Waals surface area contributed by atoms with Gasteiger partial charge < -0.3 is 10.1 Å². The Kier molecular flexibility index (Phi) is 5.22. The first-order valence-corrected chi connectivity index (χ1v) is 8.10. The molecule has 2 heterocycles. The molecule has 1 aromatic carbocycles. The van der Waals surface area contributed by atoms with E-state index in [-0.39, 0.29) is 12.5 Å². The lowest BCUT2D eigenvalue weighted by atomic mass is 10.2. The average Bonchev–Trinajstić information content (AvgIpc) is 3.14. The van der Waals surface area contributed by atoms with Gasteiger partial charge in [-0.1, -0.05) is 22.0 Å². The first kappa shape index (κ1) is 16.2. The number of rotatable bonds is 6. The predicted molar refractivity (Wildman–Crippen MR) is 92.8 cm³/mol. The third-order valence-corrected chi connectivity index (χ3v) is 3.78. The molecule has 0 spiro atoms. The Morgan fingerprint density at radius 1 is 1.17 bits per heavy atom. The number of nitrogens with zero attached hydrogens (tertiary/aromatic N) is 3. The molecule has 0 aliphatic carbocycles. The van der Waals surface area contributed by atoms with E-state index < -0.39 is 0 Å². The molecule has 6 nitrogen and oxygen atoms in total. The number of benzene rings is 1. The van der Waals surface area contributed by atoms with Crippen LogP contribution in [0.3, 0.4) is 0 Å². The standard InChI is InChI=1S/C17H15BrN4O2/c18-14-4-6-15(7-5-14)24-12-16(23)20-11-13-3-1-8-19-17(13)22-10-2-9-21-22/h1-10H,11-12H2,(H,20,23). The summed E-state index contributed by atoms with van der Waals surface area (Å²) in [5, 5.41) is 7.00. The third kappa shape index (κ3) is 4.20. The van der Waals surface area contributed by atoms with Gasteiger partial charge >= 0.3 is 0 Å². The molecule has 0 fully saturated rings. The maximum Gasteiger partial charge on any atom is 0.258 e. The Balaban J connectivity index is 1.56. The molecule has 0 unspecified atom stereocenters. The van der Waals surface area contributed by atoms with Gasteiger partial charge in [-0.15, -0.1) is 0 Å². The molecule has 122 valence electrons. The molecule has 7 heteroatoms. The molecule has 0 aliphatic heterocycles. The Morgan fingerprint density at radius 3 is 2.75 bits per heavy atom. The number of amides is 1. The summed E-state index contributed by atoms with van der Waals surface area (Å²) in [6.07, 6.45) is 5.19. The van der Waals surface area contributed by atoms with Crippen LogP contribution in [-0.2, 0) is 11.3 Å². The van der Waals surface area contributed by atoms with Gasteiger partial charge in [-0.2, -0.15) is 5.10 Å². The fourth-order valence-electron chi connectivity index (χ4n) is 2.09. The summed E-state index contributed by atoms with van der Waals surface area (Å²) < 4.78 is 8.07. The van der Waals surface area contributed by atoms with Gasteiger partial charge in [-0.05, 0) is 36.4 Å². The van der Waals surface area contributed by atoms with Crippen molar-refractivity contribution in [3.8, 4) is 11.6 Å². The van der Waals surface area contributed by atoms with Crippen LogP contribution in [0.1, 0.15) is 5.56 Å². The average molecular weight is 387 g/mol. The first-order valence-electron chi connectivity index (χ1n) is 7.31. The minimum Gasteiger partial charge on any atom is -0.484 e. The molecular formula is C17H15BrN4O2. The smallest absolute Gasteiger partial charge is 0.258 e. The van der Waals surface area contributed by atoms with Crippen molar-refractivity contribution < 1.29 is 9.53 Å². The number of hydrogen-bond donors (Lipinski definition) is 1. The summed E-state index contributed by atoms with van der Waals surface area (Å²) in [4.78, 5) is 16.3. The predicted octanol–water partition coefficient (Wildman–Crippen LogP) is 2.73. The largest absolute Gasteiger partial charge is 0.484 e. The highest BCUT2D eigenvalue weighted by Gasteiger charge is 2.08. The van der Waals surface area contributed by atoms with Gasteiger partial charge in [-0.3, -0.25) is 4.79 Å². The Hall–Kier alpha value is -2.67. The van der Waals surface area contributed by atoms with Crippen LogP contribution in [0.2, 0.25) is 0 Å². The van der Waals surface area contributed by atoms with E-state index in [0.717, 1.165) is 10.0 Å². The maximum absolute atomic E-state index is 12.0. The van der Waals surface area contributed by atoms with E-state index in [4.69, 9.17) is 4.74 Å². The van der Waals surface area contributed by atoms with Gasteiger partial charge in [0.05, 0.1) is 0 Å². The van der Waals surface area contributed by atoms with Gasteiger partial charge in [-0.25, -0.2) is 9.67 Å². The van der Waals surface area contributed by atoms with Crippen molar-refractivity contribution in [3.05, 3.63) is 71.1 Å². The number of carbonyl (C=O) groups excluding carboxylic acids is 1. The minimum absolute atomic E-state index is 0.0427. The van der Waals surface area contributed by atoms with E-state index in [1.807, 2.05) is 36.5 Å². The number of aromatic nitrogens is 3. The van der Waals surface area contributed by atoms with E-state index in [2.05, 4.69) is 31.3 Å². The monoisotopic (exact) mass is 386 g/mol. The highest BCUT2D eigenvalue weighted by Crippen LogP contribution is 2.16. The second-order valence-electron chi connectivity index (χ2n) is 4.96. The van der Waals surface area contributed by atoms with Gasteiger partial charge in [0, 0.05) is 35.2 Å². The topological polar surface area (TPSA) is 69.0 Å². The molecule has 2 aromatic heterocycles. The summed E-state index contributed by atoms with van der Waals surface area (Å²) in [7, 11) is 0. The highest BCUT2D eigenvalue weighted by atomic mass is 79.9. The summed E-state index contributed by atoms with van der Waals surface area (Å²) in [6.45, 7) is 0.310. The number of carbonyl (C=O) groups is 1. The summed E-state index contributed by atoms with van der Waals surface area (Å²) in [5.74, 6) is 1.14. The zero-order valence-corrected chi connectivity index (χ0v) is 14.3. The number of ether oxygens (including phenoxy) is 1. The first-order chi connectivity index (χ1) is 11.7. The number of hydrogen-bond acceptors (Lipinski definition) is 4. The number of nitrogens with one attached hydrogen (secondary N) is 1. The molecule has 0 bridgehead atoms. The van der Waals surface area contributed by atoms with E-state index in [1.165, 1.54) is 0 Å². The maximum atomic E-state index is 12.0. The van der Waals surface area contributed by atoms with E-state index in [1.54, 1.807) is 29.2 Å². The summed E-state index contributed by atoms with van der Waals surface area (Å²) in [6, 6.07) is 12.9. The van der Waals surface area contributed by atoms with Crippen LogP contribution in [0.25, 0.3) is 5.82 Å². The molecule has 0 saturated heterocycles. The lowest BCUT2D eigenvalue weighted by Crippen LogP contribution is -2.29. The van der Waals surface area contributed by atoms with Crippen molar-refractivity contribution in [2.75, 3.05) is 6.61 Å². The van der Waals surface area contributed by atoms with E-state index in [0.29, 0.717) is 18.1 Å². The normalized spacial score (nSPS) is 10.4. The summed E-state index contributed by atoms with van der Waals surface area (Å²) in [5.41, 5.74) is 0.873. The van der Waals surface area contributed by atoms with Gasteiger partial charge in [0.1, 0.15) is 5.75 Å². The molecule has 3 rings (SSSR count). The Labute approximate surface area is 147 Å². The fraction of sp³-hybridized carbons (Fsp3) is 0.118. The van der Waals surface area contributed by atoms with Gasteiger partial charge in [0.2, 0.25) is 0 Å². The van der Waals surface area contributed by atoms with E-state index >= 15 is 0 Å². The molecule has 1 amide bonds. The Morgan fingerprint density at radius 2 is 2.00 bits per heavy atom. The van der Waals surface area contributed by atoms with Crippen molar-refractivity contribution in [1.29, 1.82) is 0 Å². The van der Waals surface area contributed by atoms with Crippen LogP contribution >= 0.6 is 15.9 Å². The zero-order valence-electron chi connectivity index (χ0n) is 12.7. The quantitative estimate of drug-likeness (QED) is 0.706. The zero-order chi connectivity index (χ0) is 16.8. The Bertz CT molecular complexity index is 804. The number of halogens is 1. The molecule has 3 aromatic rings. The van der Waals surface area contributed by atoms with Crippen molar-refractivity contribution in [1.82, 2.24) is 20.1 Å². The molecule has 0 atom stereocenters. The highest BCUT2D eigenvalue weighted by molar-refractivity contribution is 9.10. The molecular weight excluding hydrogens is 372 g/mol. The molecule has 1 N–H and O–H groups in total. The minimum atomic E-state index is -0.201. The van der Waals surface area contributed by atoms with Crippen LogP contribution in [-0.4, -0.2) is 27.3 Å². The molecule has 24 heavy (non-hydrogen) atoms. The van der Waals surface area contributed by atoms with Crippen molar-refractivity contribution in [3.63, 3.8) is 0 Å². The summed E-state index contributed by atoms with van der Waals surface area (Å²) >= 11 is 3.35. The van der Waals surface area contributed by atoms with Crippen molar-refractivity contribution in [2.24, 2.45) is 0 Å². The van der Waals surface area contributed by atoms with Crippen molar-refractivity contribution >= 4 is 21.8 Å². The van der Waals surface area contributed by atoms with Crippen molar-refractivity contribution in [2.45, 2.75) is 6.54 Å². The third-order valence-electron chi connectivity index (χ3n) is 3.25. The number of pyridine rings is 1. The van der Waals surface area contributed by atoms with Crippen LogP contribution in [0, 0.1) is 0 Å². The lowest BCUT2D eigenvalue weighted by molar-refractivity contribution is -0.123. The fourth-order valence-corrected chi connectivity index (χ4v) is 2.36. The van der Waals surface area contributed by atoms with Crippen LogP contribution < -0.4 is 10.1 Å². The van der Waals surface area contributed by atoms with Crippen LogP contribution in [0.5, 0.6) is 5.75 Å². The SMILES string of the molecule is O=C(COc1ccc(Br)cc1)NCc1cccnc1-n1cccn1. The second-order valence-corrected chi connectivity index (χ2v) is 5.87. The lowest BCUT2D eigenvalue weighted by Gasteiger charge is -2.10. The molecule has 0 saturated carbocycles. The van der Waals surface area contributed by atoms with Gasteiger partial charge in [0.25, 0.3) is 5.91 Å². The van der Waals surface area contributed by atoms with Crippen LogP contribution in [0.4, 0.5) is 0 Å². The van der Waals surface area contributed by atoms with E-state index in [9.17, 15) is 4.79 Å². The molecule has 0 aliphatic rings. The van der Waals surface area contributed by atoms with Crippen LogP contribution in [0.15, 0.2) is 65.5 Å². The molecule has 0 radical (unpaired) electrons. The second kappa shape index (κ2) is 7.74. The van der Waals surface area contributed by atoms with Gasteiger partial charge in [0.15, 0.2) is 12.4 Å².